The molecule has 1 heterocycles. The maximum atomic E-state index is 11.4. The molecule has 4 nitrogen and oxygen atoms in total. The van der Waals surface area contributed by atoms with Crippen molar-refractivity contribution in [2.24, 2.45) is 0 Å². The Bertz CT molecular complexity index is 309. The quantitative estimate of drug-likeness (QED) is 0.805. The number of aromatic amines is 1. The number of H-pyrrole nitrogens is 1. The number of hydrogen-bond acceptors (Lipinski definition) is 3. The molecule has 78 valence electrons. The van der Waals surface area contributed by atoms with Gasteiger partial charge in [-0.1, -0.05) is 23.2 Å². The standard InChI is InChI=1S/C7H9Cl2N3OS/c1-14-3-2-10-7(13)6-11-4(8)5(9)12-6/h2-3H2,1H3,(H,10,13)(H,11,12). The van der Waals surface area contributed by atoms with Crippen molar-refractivity contribution in [1.29, 1.82) is 0 Å². The van der Waals surface area contributed by atoms with Crippen LogP contribution in [0.3, 0.4) is 0 Å². The van der Waals surface area contributed by atoms with Crippen molar-refractivity contribution >= 4 is 40.9 Å². The number of carbonyl (C=O) groups excluding carboxylic acids is 1. The van der Waals surface area contributed by atoms with Gasteiger partial charge >= 0.3 is 0 Å². The zero-order valence-corrected chi connectivity index (χ0v) is 9.76. The van der Waals surface area contributed by atoms with Crippen LogP contribution in [-0.2, 0) is 0 Å². The molecule has 0 saturated carbocycles. The molecule has 1 rings (SSSR count). The molecule has 14 heavy (non-hydrogen) atoms. The predicted octanol–water partition coefficient (Wildman–Crippen LogP) is 1.81. The Morgan fingerprint density at radius 2 is 2.36 bits per heavy atom. The maximum absolute atomic E-state index is 11.4. The van der Waals surface area contributed by atoms with Gasteiger partial charge < -0.3 is 10.3 Å². The van der Waals surface area contributed by atoms with E-state index in [4.69, 9.17) is 23.2 Å². The van der Waals surface area contributed by atoms with Gasteiger partial charge in [0.25, 0.3) is 5.91 Å². The number of halogens is 2. The summed E-state index contributed by atoms with van der Waals surface area (Å²) in [6.45, 7) is 0.593. The Hall–Kier alpha value is -0.390. The van der Waals surface area contributed by atoms with Crippen LogP contribution in [0.2, 0.25) is 10.3 Å². The molecule has 0 bridgehead atoms. The van der Waals surface area contributed by atoms with E-state index in [1.165, 1.54) is 0 Å². The topological polar surface area (TPSA) is 57.8 Å². The van der Waals surface area contributed by atoms with E-state index in [-0.39, 0.29) is 22.0 Å². The fourth-order valence-corrected chi connectivity index (χ4v) is 1.36. The van der Waals surface area contributed by atoms with E-state index in [1.807, 2.05) is 6.26 Å². The molecule has 0 aliphatic rings. The van der Waals surface area contributed by atoms with Crippen LogP contribution in [0.5, 0.6) is 0 Å². The van der Waals surface area contributed by atoms with Crippen LogP contribution >= 0.6 is 35.0 Å². The number of imidazole rings is 1. The minimum atomic E-state index is -0.298. The van der Waals surface area contributed by atoms with Crippen LogP contribution in [0.4, 0.5) is 0 Å². The number of hydrogen-bond donors (Lipinski definition) is 2. The first kappa shape index (κ1) is 11.7. The third-order valence-corrected chi connectivity index (χ3v) is 2.68. The largest absolute Gasteiger partial charge is 0.349 e. The third kappa shape index (κ3) is 3.08. The molecule has 1 amide bonds. The highest BCUT2D eigenvalue weighted by Gasteiger charge is 2.12. The fraction of sp³-hybridized carbons (Fsp3) is 0.429. The van der Waals surface area contributed by atoms with Crippen molar-refractivity contribution in [3.05, 3.63) is 16.1 Å². The zero-order valence-electron chi connectivity index (χ0n) is 7.43. The minimum Gasteiger partial charge on any atom is -0.349 e. The predicted molar refractivity (Wildman–Crippen MR) is 59.3 cm³/mol. The first-order chi connectivity index (χ1) is 6.65. The van der Waals surface area contributed by atoms with Gasteiger partial charge in [-0.05, 0) is 6.26 Å². The number of nitrogens with zero attached hydrogens (tertiary/aromatic N) is 1. The number of amides is 1. The number of carbonyl (C=O) groups is 1. The molecule has 1 aromatic heterocycles. The van der Waals surface area contributed by atoms with Crippen molar-refractivity contribution in [1.82, 2.24) is 15.3 Å². The third-order valence-electron chi connectivity index (χ3n) is 1.43. The zero-order chi connectivity index (χ0) is 10.6. The van der Waals surface area contributed by atoms with Crippen LogP contribution in [0.1, 0.15) is 10.6 Å². The van der Waals surface area contributed by atoms with E-state index >= 15 is 0 Å². The highest BCUT2D eigenvalue weighted by molar-refractivity contribution is 7.98. The lowest BCUT2D eigenvalue weighted by atomic mass is 10.5. The van der Waals surface area contributed by atoms with Crippen molar-refractivity contribution in [3.63, 3.8) is 0 Å². The summed E-state index contributed by atoms with van der Waals surface area (Å²) in [5.74, 6) is 0.697. The van der Waals surface area contributed by atoms with Crippen LogP contribution in [-0.4, -0.2) is 34.4 Å². The average molecular weight is 254 g/mol. The molecule has 0 aliphatic heterocycles. The van der Waals surface area contributed by atoms with Crippen LogP contribution in [0.15, 0.2) is 0 Å². The molecule has 0 aliphatic carbocycles. The van der Waals surface area contributed by atoms with Gasteiger partial charge in [0.15, 0.2) is 11.0 Å². The highest BCUT2D eigenvalue weighted by atomic mass is 35.5. The maximum Gasteiger partial charge on any atom is 0.287 e. The average Bonchev–Trinajstić information content (AvgIpc) is 2.47. The second-order valence-electron chi connectivity index (χ2n) is 2.44. The smallest absolute Gasteiger partial charge is 0.287 e. The molecule has 0 atom stereocenters. The molecule has 0 unspecified atom stereocenters. The summed E-state index contributed by atoms with van der Waals surface area (Å²) in [5.41, 5.74) is 0. The summed E-state index contributed by atoms with van der Waals surface area (Å²) >= 11 is 12.8. The summed E-state index contributed by atoms with van der Waals surface area (Å²) in [5, 5.41) is 2.96. The summed E-state index contributed by atoms with van der Waals surface area (Å²) in [6, 6.07) is 0. The molecule has 0 saturated heterocycles. The van der Waals surface area contributed by atoms with Crippen molar-refractivity contribution in [2.45, 2.75) is 0 Å². The Labute approximate surface area is 95.8 Å². The first-order valence-corrected chi connectivity index (χ1v) is 5.98. The number of aromatic nitrogens is 2. The van der Waals surface area contributed by atoms with E-state index in [1.54, 1.807) is 11.8 Å². The molecule has 1 aromatic rings. The molecule has 0 spiro atoms. The molecule has 0 aromatic carbocycles. The highest BCUT2D eigenvalue weighted by Crippen LogP contribution is 2.17. The van der Waals surface area contributed by atoms with E-state index in [0.717, 1.165) is 5.75 Å². The van der Waals surface area contributed by atoms with Gasteiger partial charge in [0.1, 0.15) is 5.15 Å². The summed E-state index contributed by atoms with van der Waals surface area (Å²) in [4.78, 5) is 17.7. The van der Waals surface area contributed by atoms with Crippen LogP contribution < -0.4 is 5.32 Å². The molecule has 0 radical (unpaired) electrons. The minimum absolute atomic E-state index is 0.113. The van der Waals surface area contributed by atoms with Gasteiger partial charge in [0, 0.05) is 12.3 Å². The van der Waals surface area contributed by atoms with Crippen LogP contribution in [0, 0.1) is 0 Å². The lowest BCUT2D eigenvalue weighted by molar-refractivity contribution is 0.0947. The van der Waals surface area contributed by atoms with E-state index in [0.29, 0.717) is 6.54 Å². The van der Waals surface area contributed by atoms with Gasteiger partial charge in [-0.15, -0.1) is 0 Å². The first-order valence-electron chi connectivity index (χ1n) is 3.83. The van der Waals surface area contributed by atoms with E-state index in [2.05, 4.69) is 15.3 Å². The Morgan fingerprint density at radius 1 is 1.64 bits per heavy atom. The van der Waals surface area contributed by atoms with Gasteiger partial charge in [0.05, 0.1) is 0 Å². The number of rotatable bonds is 4. The summed E-state index contributed by atoms with van der Waals surface area (Å²) in [6.07, 6.45) is 1.97. The monoisotopic (exact) mass is 253 g/mol. The normalized spacial score (nSPS) is 10.2. The Morgan fingerprint density at radius 3 is 2.86 bits per heavy atom. The Kier molecular flexibility index (Phi) is 4.57. The second-order valence-corrected chi connectivity index (χ2v) is 4.16. The molecule has 2 N–H and O–H groups in total. The molecular weight excluding hydrogens is 245 g/mol. The van der Waals surface area contributed by atoms with Gasteiger partial charge in [-0.2, -0.15) is 11.8 Å². The molecule has 0 fully saturated rings. The lowest BCUT2D eigenvalue weighted by Crippen LogP contribution is -2.26. The Balaban J connectivity index is 2.52. The lowest BCUT2D eigenvalue weighted by Gasteiger charge is -1.99. The van der Waals surface area contributed by atoms with E-state index in [9.17, 15) is 4.79 Å². The second kappa shape index (κ2) is 5.48. The summed E-state index contributed by atoms with van der Waals surface area (Å²) in [7, 11) is 0. The van der Waals surface area contributed by atoms with Crippen molar-refractivity contribution < 1.29 is 4.79 Å². The molecular formula is C7H9Cl2N3OS. The van der Waals surface area contributed by atoms with Crippen molar-refractivity contribution in [2.75, 3.05) is 18.6 Å². The summed E-state index contributed by atoms with van der Waals surface area (Å²) < 4.78 is 0. The van der Waals surface area contributed by atoms with Crippen molar-refractivity contribution in [3.8, 4) is 0 Å². The van der Waals surface area contributed by atoms with Crippen LogP contribution in [0.25, 0.3) is 0 Å². The van der Waals surface area contributed by atoms with E-state index < -0.39 is 0 Å². The van der Waals surface area contributed by atoms with Gasteiger partial charge in [0.2, 0.25) is 0 Å². The molecule has 7 heteroatoms. The van der Waals surface area contributed by atoms with Gasteiger partial charge in [-0.25, -0.2) is 4.98 Å². The fourth-order valence-electron chi connectivity index (χ4n) is 0.789. The number of nitrogens with one attached hydrogen (secondary N) is 2. The van der Waals surface area contributed by atoms with Gasteiger partial charge in [-0.3, -0.25) is 4.79 Å². The SMILES string of the molecule is CSCCNC(=O)c1nc(Cl)c(Cl)[nH]1. The number of thioether (sulfide) groups is 1.